The van der Waals surface area contributed by atoms with Crippen LogP contribution in [-0.4, -0.2) is 67.6 Å². The van der Waals surface area contributed by atoms with Crippen LogP contribution in [0.1, 0.15) is 31.2 Å². The van der Waals surface area contributed by atoms with E-state index in [1.54, 1.807) is 12.1 Å². The molecule has 2 aliphatic heterocycles. The molecule has 0 N–H and O–H groups in total. The van der Waals surface area contributed by atoms with Crippen LogP contribution in [0.25, 0.3) is 0 Å². The van der Waals surface area contributed by atoms with Crippen LogP contribution in [0.2, 0.25) is 0 Å². The van der Waals surface area contributed by atoms with Gasteiger partial charge in [0.05, 0.1) is 6.10 Å². The average Bonchev–Trinajstić information content (AvgIpc) is 2.68. The Hall–Kier alpha value is -1.49. The molecule has 1 aromatic rings. The Morgan fingerprint density at radius 3 is 2.17 bits per heavy atom. The number of hydrogen-bond acceptors (Lipinski definition) is 4. The number of hydrogen-bond donors (Lipinski definition) is 0. The van der Waals surface area contributed by atoms with Gasteiger partial charge in [-0.3, -0.25) is 4.79 Å². The number of alkyl halides is 2. The predicted molar refractivity (Wildman–Crippen MR) is 100 cm³/mol. The third-order valence-electron chi connectivity index (χ3n) is 5.30. The monoisotopic (exact) mass is 434 g/mol. The second-order valence-corrected chi connectivity index (χ2v) is 9.44. The van der Waals surface area contributed by atoms with E-state index >= 15 is 0 Å². The van der Waals surface area contributed by atoms with Gasteiger partial charge >= 0.3 is 0 Å². The second kappa shape index (κ2) is 9.11. The third-order valence-corrected chi connectivity index (χ3v) is 7.34. The van der Waals surface area contributed by atoms with E-state index in [1.165, 1.54) is 16.4 Å². The largest absolute Gasteiger partial charge is 0.370 e. The molecule has 2 saturated heterocycles. The molecule has 2 heterocycles. The lowest BCUT2D eigenvalue weighted by Crippen LogP contribution is -2.51. The number of halogens is 3. The van der Waals surface area contributed by atoms with Crippen molar-refractivity contribution in [1.82, 2.24) is 8.61 Å². The Kier molecular flexibility index (Phi) is 6.98. The van der Waals surface area contributed by atoms with Gasteiger partial charge < -0.3 is 4.74 Å². The summed E-state index contributed by atoms with van der Waals surface area (Å²) in [5, 5.41) is 0. The molecule has 0 radical (unpaired) electrons. The highest BCUT2D eigenvalue weighted by molar-refractivity contribution is 7.86. The molecule has 29 heavy (non-hydrogen) atoms. The van der Waals surface area contributed by atoms with Gasteiger partial charge in [-0.2, -0.15) is 17.0 Å². The summed E-state index contributed by atoms with van der Waals surface area (Å²) in [7, 11) is -3.75. The number of rotatable bonds is 7. The maximum atomic E-state index is 13.3. The summed E-state index contributed by atoms with van der Waals surface area (Å²) in [5.41, 5.74) is 0.702. The fourth-order valence-electron chi connectivity index (χ4n) is 3.53. The average molecular weight is 434 g/mol. The summed E-state index contributed by atoms with van der Waals surface area (Å²) in [5.74, 6) is -3.30. The number of benzene rings is 1. The van der Waals surface area contributed by atoms with Crippen LogP contribution in [0.4, 0.5) is 13.2 Å². The normalized spacial score (nSPS) is 21.9. The van der Waals surface area contributed by atoms with Crippen molar-refractivity contribution in [2.24, 2.45) is 0 Å². The first-order chi connectivity index (χ1) is 13.7. The van der Waals surface area contributed by atoms with E-state index in [0.29, 0.717) is 18.4 Å². The molecule has 0 unspecified atom stereocenters. The van der Waals surface area contributed by atoms with E-state index in [4.69, 9.17) is 4.74 Å². The number of nitrogens with zero attached hydrogens (tertiary/aromatic N) is 2. The first-order valence-electron chi connectivity index (χ1n) is 9.66. The van der Waals surface area contributed by atoms with Gasteiger partial charge in [-0.15, -0.1) is 0 Å². The summed E-state index contributed by atoms with van der Waals surface area (Å²) in [6.07, 6.45) is -0.124. The molecule has 10 heteroatoms. The standard InChI is InChI=1S/C19H25F3N2O4S/c20-16-3-1-15(2-4-16)13-17(25)14-28-18-5-9-23(10-6-18)29(26,27)24-11-7-19(21,22)8-12-24/h1-4,18H,5-14H2. The number of carbonyl (C=O) groups is 1. The Bertz CT molecular complexity index is 799. The van der Waals surface area contributed by atoms with Crippen LogP contribution in [0.3, 0.4) is 0 Å². The molecule has 0 atom stereocenters. The highest BCUT2D eigenvalue weighted by Crippen LogP contribution is 2.30. The zero-order valence-corrected chi connectivity index (χ0v) is 16.8. The number of piperidine rings is 2. The summed E-state index contributed by atoms with van der Waals surface area (Å²) < 4.78 is 72.7. The molecule has 0 aromatic heterocycles. The van der Waals surface area contributed by atoms with Crippen molar-refractivity contribution < 1.29 is 31.1 Å². The smallest absolute Gasteiger partial charge is 0.281 e. The molecular formula is C19H25F3N2O4S. The highest BCUT2D eigenvalue weighted by Gasteiger charge is 2.41. The maximum absolute atomic E-state index is 13.3. The molecule has 2 aliphatic rings. The van der Waals surface area contributed by atoms with Crippen molar-refractivity contribution in [3.63, 3.8) is 0 Å². The van der Waals surface area contributed by atoms with Crippen molar-refractivity contribution in [3.8, 4) is 0 Å². The van der Waals surface area contributed by atoms with Gasteiger partial charge in [0.1, 0.15) is 12.4 Å². The molecule has 0 aliphatic carbocycles. The molecule has 2 fully saturated rings. The molecule has 3 rings (SSSR count). The number of ketones is 1. The van der Waals surface area contributed by atoms with Gasteiger partial charge in [0.2, 0.25) is 0 Å². The van der Waals surface area contributed by atoms with Crippen molar-refractivity contribution in [3.05, 3.63) is 35.6 Å². The van der Waals surface area contributed by atoms with E-state index in [2.05, 4.69) is 0 Å². The number of carbonyl (C=O) groups excluding carboxylic acids is 1. The molecule has 0 saturated carbocycles. The SMILES string of the molecule is O=C(COC1CCN(S(=O)(=O)N2CCC(F)(F)CC2)CC1)Cc1ccc(F)cc1. The Balaban J connectivity index is 1.42. The molecule has 0 spiro atoms. The van der Waals surface area contributed by atoms with Gasteiger partial charge in [0.15, 0.2) is 5.78 Å². The lowest BCUT2D eigenvalue weighted by atomic mass is 10.1. The topological polar surface area (TPSA) is 66.9 Å². The lowest BCUT2D eigenvalue weighted by molar-refractivity contribution is -0.125. The van der Waals surface area contributed by atoms with Crippen LogP contribution >= 0.6 is 0 Å². The van der Waals surface area contributed by atoms with Gasteiger partial charge in [0, 0.05) is 45.4 Å². The zero-order valence-electron chi connectivity index (χ0n) is 16.0. The second-order valence-electron chi connectivity index (χ2n) is 7.51. The van der Waals surface area contributed by atoms with Gasteiger partial charge in [-0.1, -0.05) is 12.1 Å². The van der Waals surface area contributed by atoms with Crippen LogP contribution in [0.5, 0.6) is 0 Å². The van der Waals surface area contributed by atoms with E-state index < -0.39 is 29.0 Å². The molecule has 162 valence electrons. The van der Waals surface area contributed by atoms with Crippen LogP contribution in [0.15, 0.2) is 24.3 Å². The summed E-state index contributed by atoms with van der Waals surface area (Å²) in [4.78, 5) is 12.0. The first-order valence-corrected chi connectivity index (χ1v) is 11.1. The Morgan fingerprint density at radius 1 is 1.03 bits per heavy atom. The Morgan fingerprint density at radius 2 is 1.59 bits per heavy atom. The van der Waals surface area contributed by atoms with Crippen LogP contribution in [0, 0.1) is 5.82 Å². The Labute approximate surface area is 168 Å². The third kappa shape index (κ3) is 6.00. The molecule has 6 nitrogen and oxygen atoms in total. The fourth-order valence-corrected chi connectivity index (χ4v) is 5.17. The van der Waals surface area contributed by atoms with E-state index in [-0.39, 0.29) is 56.9 Å². The van der Waals surface area contributed by atoms with Gasteiger partial charge in [-0.05, 0) is 30.5 Å². The fraction of sp³-hybridized carbons (Fsp3) is 0.632. The van der Waals surface area contributed by atoms with Gasteiger partial charge in [-0.25, -0.2) is 13.2 Å². The molecule has 0 amide bonds. The van der Waals surface area contributed by atoms with Crippen LogP contribution in [-0.2, 0) is 26.2 Å². The maximum Gasteiger partial charge on any atom is 0.281 e. The van der Waals surface area contributed by atoms with E-state index in [1.807, 2.05) is 0 Å². The summed E-state index contributed by atoms with van der Waals surface area (Å²) >= 11 is 0. The lowest BCUT2D eigenvalue weighted by Gasteiger charge is -2.37. The minimum Gasteiger partial charge on any atom is -0.370 e. The minimum absolute atomic E-state index is 0.0873. The number of ether oxygens (including phenoxy) is 1. The van der Waals surface area contributed by atoms with Crippen molar-refractivity contribution in [2.75, 3.05) is 32.8 Å². The summed E-state index contributed by atoms with van der Waals surface area (Å²) in [6, 6.07) is 5.69. The summed E-state index contributed by atoms with van der Waals surface area (Å²) in [6.45, 7) is 0.0153. The van der Waals surface area contributed by atoms with E-state index in [0.717, 1.165) is 4.31 Å². The molecule has 1 aromatic carbocycles. The van der Waals surface area contributed by atoms with Crippen molar-refractivity contribution in [2.45, 2.75) is 44.1 Å². The number of Topliss-reactive ketones (excluding diaryl/α,β-unsaturated/α-hetero) is 1. The molecular weight excluding hydrogens is 409 g/mol. The quantitative estimate of drug-likeness (QED) is 0.661. The van der Waals surface area contributed by atoms with E-state index in [9.17, 15) is 26.4 Å². The zero-order chi connectivity index (χ0) is 21.1. The minimum atomic E-state index is -3.75. The first kappa shape index (κ1) is 22.2. The highest BCUT2D eigenvalue weighted by atomic mass is 32.2. The molecule has 0 bridgehead atoms. The van der Waals surface area contributed by atoms with Crippen LogP contribution < -0.4 is 0 Å². The van der Waals surface area contributed by atoms with Gasteiger partial charge in [0.25, 0.3) is 16.1 Å². The van der Waals surface area contributed by atoms with Crippen molar-refractivity contribution >= 4 is 16.0 Å². The van der Waals surface area contributed by atoms with Crippen molar-refractivity contribution in [1.29, 1.82) is 0 Å². The predicted octanol–water partition coefficient (Wildman–Crippen LogP) is 2.39.